The van der Waals surface area contributed by atoms with Crippen LogP contribution in [0.3, 0.4) is 0 Å². The van der Waals surface area contributed by atoms with E-state index in [2.05, 4.69) is 22.8 Å². The lowest BCUT2D eigenvalue weighted by Crippen LogP contribution is -2.44. The molecule has 2 aliphatic rings. The van der Waals surface area contributed by atoms with E-state index in [1.807, 2.05) is 12.1 Å². The van der Waals surface area contributed by atoms with Crippen LogP contribution in [-0.2, 0) is 0 Å². The summed E-state index contributed by atoms with van der Waals surface area (Å²) < 4.78 is 0. The molecule has 0 aromatic heterocycles. The molecule has 0 fully saturated rings. The van der Waals surface area contributed by atoms with E-state index in [-0.39, 0.29) is 6.04 Å². The van der Waals surface area contributed by atoms with Crippen molar-refractivity contribution in [3.63, 3.8) is 0 Å². The number of rotatable bonds is 1. The Morgan fingerprint density at radius 3 is 2.61 bits per heavy atom. The van der Waals surface area contributed by atoms with Crippen molar-refractivity contribution < 1.29 is 0 Å². The Labute approximate surface area is 117 Å². The fourth-order valence-corrected chi connectivity index (χ4v) is 3.09. The molecule has 94 valence electrons. The van der Waals surface area contributed by atoms with E-state index in [0.29, 0.717) is 0 Å². The largest absolute Gasteiger partial charge is 0.352 e. The van der Waals surface area contributed by atoms with Crippen molar-refractivity contribution in [1.29, 1.82) is 0 Å². The van der Waals surface area contributed by atoms with Gasteiger partial charge < -0.3 is 10.6 Å². The standard InChI is InChI=1S/C14H15ClN2S/c15-10-7-5-9(6-8-10)13-11-3-1-2-4-12(11)16-14(18)17-13/h5-8,13H,1-4H2,(H2,16,17,18). The minimum atomic E-state index is 0.214. The van der Waals surface area contributed by atoms with Gasteiger partial charge in [0.05, 0.1) is 6.04 Å². The Morgan fingerprint density at radius 1 is 1.11 bits per heavy atom. The molecular weight excluding hydrogens is 264 g/mol. The first-order valence-corrected chi connectivity index (χ1v) is 7.07. The van der Waals surface area contributed by atoms with Gasteiger partial charge in [-0.15, -0.1) is 0 Å². The molecule has 0 saturated carbocycles. The summed E-state index contributed by atoms with van der Waals surface area (Å²) in [7, 11) is 0. The first-order chi connectivity index (χ1) is 8.74. The van der Waals surface area contributed by atoms with Gasteiger partial charge in [0.1, 0.15) is 0 Å². The average molecular weight is 279 g/mol. The molecule has 4 heteroatoms. The Kier molecular flexibility index (Phi) is 3.27. The number of thiocarbonyl (C=S) groups is 1. The first-order valence-electron chi connectivity index (χ1n) is 6.29. The van der Waals surface area contributed by atoms with Gasteiger partial charge >= 0.3 is 0 Å². The first kappa shape index (κ1) is 12.0. The molecule has 1 heterocycles. The molecule has 1 aliphatic heterocycles. The summed E-state index contributed by atoms with van der Waals surface area (Å²) in [5, 5.41) is 8.18. The zero-order valence-corrected chi connectivity index (χ0v) is 11.6. The molecule has 18 heavy (non-hydrogen) atoms. The number of nitrogens with one attached hydrogen (secondary N) is 2. The monoisotopic (exact) mass is 278 g/mol. The van der Waals surface area contributed by atoms with E-state index >= 15 is 0 Å². The summed E-state index contributed by atoms with van der Waals surface area (Å²) in [6.07, 6.45) is 4.77. The summed E-state index contributed by atoms with van der Waals surface area (Å²) in [5.74, 6) is 0. The maximum absolute atomic E-state index is 5.95. The maximum Gasteiger partial charge on any atom is 0.171 e. The Bertz CT molecular complexity index is 507. The van der Waals surface area contributed by atoms with Crippen molar-refractivity contribution in [2.45, 2.75) is 31.7 Å². The molecule has 0 bridgehead atoms. The molecule has 1 aliphatic carbocycles. The molecule has 2 N–H and O–H groups in total. The van der Waals surface area contributed by atoms with Crippen molar-refractivity contribution in [2.75, 3.05) is 0 Å². The van der Waals surface area contributed by atoms with Crippen molar-refractivity contribution in [3.05, 3.63) is 46.1 Å². The fraction of sp³-hybridized carbons (Fsp3) is 0.357. The zero-order chi connectivity index (χ0) is 12.5. The van der Waals surface area contributed by atoms with Gasteiger partial charge in [0, 0.05) is 10.7 Å². The highest BCUT2D eigenvalue weighted by atomic mass is 35.5. The van der Waals surface area contributed by atoms with Crippen LogP contribution in [0.4, 0.5) is 0 Å². The Morgan fingerprint density at radius 2 is 1.83 bits per heavy atom. The minimum absolute atomic E-state index is 0.214. The molecule has 0 spiro atoms. The smallest absolute Gasteiger partial charge is 0.171 e. The third-order valence-corrected chi connectivity index (χ3v) is 4.07. The van der Waals surface area contributed by atoms with Gasteiger partial charge in [-0.2, -0.15) is 0 Å². The van der Waals surface area contributed by atoms with E-state index in [1.165, 1.54) is 29.7 Å². The fourth-order valence-electron chi connectivity index (χ4n) is 2.72. The second kappa shape index (κ2) is 4.90. The van der Waals surface area contributed by atoms with Gasteiger partial charge in [0.25, 0.3) is 0 Å². The molecule has 1 aromatic rings. The molecule has 0 amide bonds. The summed E-state index contributed by atoms with van der Waals surface area (Å²) >= 11 is 11.2. The number of benzene rings is 1. The van der Waals surface area contributed by atoms with E-state index in [1.54, 1.807) is 0 Å². The molecule has 1 unspecified atom stereocenters. The SMILES string of the molecule is S=C1NC2=C(CCCC2)C(c2ccc(Cl)cc2)N1. The van der Waals surface area contributed by atoms with Gasteiger partial charge in [0.2, 0.25) is 0 Å². The van der Waals surface area contributed by atoms with Gasteiger partial charge in [-0.3, -0.25) is 0 Å². The molecule has 0 radical (unpaired) electrons. The van der Waals surface area contributed by atoms with Crippen molar-refractivity contribution in [3.8, 4) is 0 Å². The summed E-state index contributed by atoms with van der Waals surface area (Å²) in [6, 6.07) is 8.24. The highest BCUT2D eigenvalue weighted by Gasteiger charge is 2.27. The summed E-state index contributed by atoms with van der Waals surface area (Å²) in [4.78, 5) is 0. The minimum Gasteiger partial charge on any atom is -0.352 e. The number of halogens is 1. The van der Waals surface area contributed by atoms with Crippen LogP contribution in [0.25, 0.3) is 0 Å². The van der Waals surface area contributed by atoms with Crippen LogP contribution < -0.4 is 10.6 Å². The van der Waals surface area contributed by atoms with E-state index in [0.717, 1.165) is 23.0 Å². The van der Waals surface area contributed by atoms with Gasteiger partial charge in [-0.1, -0.05) is 23.7 Å². The van der Waals surface area contributed by atoms with Crippen LogP contribution in [0.1, 0.15) is 37.3 Å². The molecule has 0 saturated heterocycles. The van der Waals surface area contributed by atoms with Crippen molar-refractivity contribution in [2.24, 2.45) is 0 Å². The molecule has 2 nitrogen and oxygen atoms in total. The lowest BCUT2D eigenvalue weighted by molar-refractivity contribution is 0.561. The maximum atomic E-state index is 5.95. The summed E-state index contributed by atoms with van der Waals surface area (Å²) in [5.41, 5.74) is 4.01. The van der Waals surface area contributed by atoms with Gasteiger partial charge in [0.15, 0.2) is 5.11 Å². The molecule has 1 atom stereocenters. The normalized spacial score (nSPS) is 23.2. The van der Waals surface area contributed by atoms with Crippen LogP contribution >= 0.6 is 23.8 Å². The number of hydrogen-bond acceptors (Lipinski definition) is 1. The molecular formula is C14H15ClN2S. The topological polar surface area (TPSA) is 24.1 Å². The lowest BCUT2D eigenvalue weighted by atomic mass is 9.86. The average Bonchev–Trinajstić information content (AvgIpc) is 2.38. The van der Waals surface area contributed by atoms with Crippen molar-refractivity contribution in [1.82, 2.24) is 10.6 Å². The number of allylic oxidation sites excluding steroid dienone is 1. The van der Waals surface area contributed by atoms with Crippen LogP contribution in [0.15, 0.2) is 35.5 Å². The predicted molar refractivity (Wildman–Crippen MR) is 78.6 cm³/mol. The highest BCUT2D eigenvalue weighted by Crippen LogP contribution is 2.35. The second-order valence-corrected chi connectivity index (χ2v) is 5.64. The van der Waals surface area contributed by atoms with E-state index in [9.17, 15) is 0 Å². The molecule has 3 rings (SSSR count). The zero-order valence-electron chi connectivity index (χ0n) is 10.0. The Hall–Kier alpha value is -1.06. The van der Waals surface area contributed by atoms with E-state index < -0.39 is 0 Å². The quantitative estimate of drug-likeness (QED) is 0.766. The van der Waals surface area contributed by atoms with Gasteiger partial charge in [-0.25, -0.2) is 0 Å². The second-order valence-electron chi connectivity index (χ2n) is 4.79. The Balaban J connectivity index is 1.98. The third kappa shape index (κ3) is 2.25. The predicted octanol–water partition coefficient (Wildman–Crippen LogP) is 3.69. The molecule has 1 aromatic carbocycles. The van der Waals surface area contributed by atoms with Crippen LogP contribution in [-0.4, -0.2) is 5.11 Å². The van der Waals surface area contributed by atoms with E-state index in [4.69, 9.17) is 23.8 Å². The summed E-state index contributed by atoms with van der Waals surface area (Å²) in [6.45, 7) is 0. The lowest BCUT2D eigenvalue weighted by Gasteiger charge is -2.34. The highest BCUT2D eigenvalue weighted by molar-refractivity contribution is 7.80. The third-order valence-electron chi connectivity index (χ3n) is 3.60. The van der Waals surface area contributed by atoms with Crippen molar-refractivity contribution >= 4 is 28.9 Å². The van der Waals surface area contributed by atoms with Gasteiger partial charge in [-0.05, 0) is 61.2 Å². The van der Waals surface area contributed by atoms with Crippen LogP contribution in [0.2, 0.25) is 5.02 Å². The number of hydrogen-bond donors (Lipinski definition) is 2. The van der Waals surface area contributed by atoms with Crippen LogP contribution in [0.5, 0.6) is 0 Å². The van der Waals surface area contributed by atoms with Crippen LogP contribution in [0, 0.1) is 0 Å².